The van der Waals surface area contributed by atoms with Crippen LogP contribution in [0, 0.1) is 12.8 Å². The Hall–Kier alpha value is -3.75. The predicted molar refractivity (Wildman–Crippen MR) is 104 cm³/mol. The molecule has 0 saturated heterocycles. The number of rotatable bonds is 5. The molecule has 3 heterocycles. The first-order valence-electron chi connectivity index (χ1n) is 9.33. The highest BCUT2D eigenvalue weighted by Crippen LogP contribution is 2.43. The van der Waals surface area contributed by atoms with E-state index in [1.165, 1.54) is 22.6 Å². The fraction of sp³-hybridized carbons (Fsp3) is 0.250. The third-order valence-electron chi connectivity index (χ3n) is 5.24. The van der Waals surface area contributed by atoms with Crippen LogP contribution in [0.1, 0.15) is 40.4 Å². The number of hydrogen-bond acceptors (Lipinski definition) is 5. The first-order valence-corrected chi connectivity index (χ1v) is 9.33. The topological polar surface area (TPSA) is 119 Å². The maximum atomic E-state index is 12.9. The lowest BCUT2D eigenvalue weighted by atomic mass is 10.0. The number of fused-ring (bicyclic) bond motifs is 1. The van der Waals surface area contributed by atoms with Crippen LogP contribution in [0.5, 0.6) is 0 Å². The van der Waals surface area contributed by atoms with Gasteiger partial charge in [0.05, 0.1) is 24.0 Å². The number of carboxylic acid groups (broad SMARTS) is 1. The second-order valence-corrected chi connectivity index (χ2v) is 7.38. The number of aromatic nitrogens is 6. The molecule has 9 nitrogen and oxygen atoms in total. The zero-order valence-electron chi connectivity index (χ0n) is 15.6. The number of hydrogen-bond donors (Lipinski definition) is 2. The maximum absolute atomic E-state index is 12.9. The molecule has 3 aromatic heterocycles. The molecular weight excluding hydrogens is 372 g/mol. The molecule has 5 rings (SSSR count). The number of aryl methyl sites for hydroxylation is 1. The Bertz CT molecular complexity index is 1280. The summed E-state index contributed by atoms with van der Waals surface area (Å²) in [6, 6.07) is 8.27. The van der Waals surface area contributed by atoms with Gasteiger partial charge in [-0.3, -0.25) is 9.78 Å². The van der Waals surface area contributed by atoms with Gasteiger partial charge < -0.3 is 5.11 Å². The third kappa shape index (κ3) is 3.00. The van der Waals surface area contributed by atoms with Gasteiger partial charge in [0.1, 0.15) is 5.52 Å². The zero-order chi connectivity index (χ0) is 20.1. The highest BCUT2D eigenvalue weighted by Gasteiger charge is 2.35. The summed E-state index contributed by atoms with van der Waals surface area (Å²) < 4.78 is 3.00. The van der Waals surface area contributed by atoms with Gasteiger partial charge in [-0.25, -0.2) is 19.1 Å². The quantitative estimate of drug-likeness (QED) is 0.540. The van der Waals surface area contributed by atoms with Crippen LogP contribution in [0.2, 0.25) is 0 Å². The van der Waals surface area contributed by atoms with Gasteiger partial charge in [-0.15, -0.1) is 0 Å². The molecule has 0 aliphatic heterocycles. The van der Waals surface area contributed by atoms with Crippen LogP contribution in [0.25, 0.3) is 17.0 Å². The van der Waals surface area contributed by atoms with Crippen molar-refractivity contribution in [1.82, 2.24) is 29.5 Å². The minimum atomic E-state index is -1.10. The number of aromatic amines is 1. The van der Waals surface area contributed by atoms with E-state index in [9.17, 15) is 9.59 Å². The minimum absolute atomic E-state index is 0.0107. The summed E-state index contributed by atoms with van der Waals surface area (Å²) in [5.41, 5.74) is 2.80. The average Bonchev–Trinajstić information content (AvgIpc) is 3.23. The summed E-state index contributed by atoms with van der Waals surface area (Å²) in [6.45, 7) is 2.04. The minimum Gasteiger partial charge on any atom is -0.478 e. The van der Waals surface area contributed by atoms with Crippen molar-refractivity contribution >= 4 is 17.0 Å². The summed E-state index contributed by atoms with van der Waals surface area (Å²) in [4.78, 5) is 31.1. The Morgan fingerprint density at radius 3 is 2.62 bits per heavy atom. The Morgan fingerprint density at radius 1 is 1.21 bits per heavy atom. The third-order valence-corrected chi connectivity index (χ3v) is 5.24. The van der Waals surface area contributed by atoms with Gasteiger partial charge in [-0.1, -0.05) is 29.8 Å². The van der Waals surface area contributed by atoms with E-state index in [2.05, 4.69) is 44.4 Å². The van der Waals surface area contributed by atoms with Crippen LogP contribution in [0.3, 0.4) is 0 Å². The van der Waals surface area contributed by atoms with E-state index in [1.807, 2.05) is 6.92 Å². The molecular formula is C20H18N6O3. The molecule has 0 spiro atoms. The summed E-state index contributed by atoms with van der Waals surface area (Å²) >= 11 is 0. The van der Waals surface area contributed by atoms with Crippen molar-refractivity contribution < 1.29 is 9.90 Å². The SMILES string of the molecule is Cc1ccc(C(C2CC2)n2ncc3nc(-n4cc(C(=O)O)cn4)[nH]c(=O)c32)cc1. The number of H-pyrrole nitrogens is 1. The number of nitrogens with zero attached hydrogens (tertiary/aromatic N) is 5. The Balaban J connectivity index is 1.61. The molecule has 0 radical (unpaired) electrons. The molecule has 0 amide bonds. The molecule has 1 saturated carbocycles. The van der Waals surface area contributed by atoms with Gasteiger partial charge in [-0.05, 0) is 31.2 Å². The molecule has 4 aromatic rings. The molecule has 9 heteroatoms. The normalized spacial score (nSPS) is 14.9. The van der Waals surface area contributed by atoms with Crippen molar-refractivity contribution in [3.63, 3.8) is 0 Å². The van der Waals surface area contributed by atoms with Crippen LogP contribution in [-0.4, -0.2) is 40.6 Å². The second-order valence-electron chi connectivity index (χ2n) is 7.38. The van der Waals surface area contributed by atoms with Crippen molar-refractivity contribution in [2.24, 2.45) is 5.92 Å². The van der Waals surface area contributed by atoms with E-state index in [0.717, 1.165) is 18.4 Å². The van der Waals surface area contributed by atoms with Gasteiger partial charge >= 0.3 is 5.97 Å². The van der Waals surface area contributed by atoms with E-state index >= 15 is 0 Å². The van der Waals surface area contributed by atoms with Crippen LogP contribution in [-0.2, 0) is 0 Å². The Morgan fingerprint density at radius 2 is 1.97 bits per heavy atom. The van der Waals surface area contributed by atoms with Crippen molar-refractivity contribution in [2.45, 2.75) is 25.8 Å². The van der Waals surface area contributed by atoms with E-state index in [0.29, 0.717) is 17.0 Å². The molecule has 1 atom stereocenters. The lowest BCUT2D eigenvalue weighted by molar-refractivity contribution is 0.0697. The first-order chi connectivity index (χ1) is 14.0. The monoisotopic (exact) mass is 390 g/mol. The van der Waals surface area contributed by atoms with E-state index < -0.39 is 5.97 Å². The van der Waals surface area contributed by atoms with Gasteiger partial charge in [-0.2, -0.15) is 10.2 Å². The van der Waals surface area contributed by atoms with Crippen LogP contribution >= 0.6 is 0 Å². The number of aromatic carboxylic acids is 1. The van der Waals surface area contributed by atoms with Crippen LogP contribution in [0.4, 0.5) is 0 Å². The maximum Gasteiger partial charge on any atom is 0.338 e. The molecule has 1 unspecified atom stereocenters. The number of nitrogens with one attached hydrogen (secondary N) is 1. The summed E-state index contributed by atoms with van der Waals surface area (Å²) in [5.74, 6) is -0.519. The van der Waals surface area contributed by atoms with Crippen molar-refractivity contribution in [3.8, 4) is 5.95 Å². The van der Waals surface area contributed by atoms with E-state index in [1.54, 1.807) is 10.9 Å². The fourth-order valence-corrected chi connectivity index (χ4v) is 3.62. The lowest BCUT2D eigenvalue weighted by Gasteiger charge is -2.18. The molecule has 2 N–H and O–H groups in total. The average molecular weight is 390 g/mol. The lowest BCUT2D eigenvalue weighted by Crippen LogP contribution is -2.21. The van der Waals surface area contributed by atoms with Crippen LogP contribution < -0.4 is 5.56 Å². The van der Waals surface area contributed by atoms with Gasteiger partial charge in [0.25, 0.3) is 5.56 Å². The first kappa shape index (κ1) is 17.4. The molecule has 1 aliphatic rings. The fourth-order valence-electron chi connectivity index (χ4n) is 3.62. The largest absolute Gasteiger partial charge is 0.478 e. The van der Waals surface area contributed by atoms with Gasteiger partial charge in [0.15, 0.2) is 5.52 Å². The standard InChI is InChI=1S/C20H18N6O3/c1-11-2-4-12(5-3-11)16(13-6-7-13)26-17-15(9-22-26)23-20(24-18(17)27)25-10-14(8-21-25)19(28)29/h2-5,8-10,13,16H,6-7H2,1H3,(H,28,29)(H,23,24,27). The molecule has 1 fully saturated rings. The van der Waals surface area contributed by atoms with Crippen molar-refractivity contribution in [1.29, 1.82) is 0 Å². The van der Waals surface area contributed by atoms with E-state index in [-0.39, 0.29) is 23.1 Å². The molecule has 0 bridgehead atoms. The highest BCUT2D eigenvalue weighted by molar-refractivity contribution is 5.87. The summed E-state index contributed by atoms with van der Waals surface area (Å²) in [7, 11) is 0. The number of benzene rings is 1. The van der Waals surface area contributed by atoms with Crippen LogP contribution in [0.15, 0.2) is 47.7 Å². The highest BCUT2D eigenvalue weighted by atomic mass is 16.4. The zero-order valence-corrected chi connectivity index (χ0v) is 15.6. The smallest absolute Gasteiger partial charge is 0.338 e. The number of carbonyl (C=O) groups is 1. The molecule has 1 aliphatic carbocycles. The van der Waals surface area contributed by atoms with Gasteiger partial charge in [0, 0.05) is 6.20 Å². The van der Waals surface area contributed by atoms with Crippen molar-refractivity contribution in [3.05, 3.63) is 69.9 Å². The number of carboxylic acids is 1. The van der Waals surface area contributed by atoms with Crippen molar-refractivity contribution in [2.75, 3.05) is 0 Å². The molecule has 29 heavy (non-hydrogen) atoms. The second kappa shape index (κ2) is 6.40. The van der Waals surface area contributed by atoms with E-state index in [4.69, 9.17) is 5.11 Å². The summed E-state index contributed by atoms with van der Waals surface area (Å²) in [6.07, 6.45) is 6.26. The molecule has 146 valence electrons. The summed E-state index contributed by atoms with van der Waals surface area (Å²) in [5, 5.41) is 17.5. The van der Waals surface area contributed by atoms with Gasteiger partial charge in [0.2, 0.25) is 5.95 Å². The predicted octanol–water partition coefficient (Wildman–Crippen LogP) is 2.31. The molecule has 1 aromatic carbocycles. The Kier molecular flexibility index (Phi) is 3.83. The Labute approximate surface area is 164 Å².